The zero-order valence-electron chi connectivity index (χ0n) is 43.6. The second-order valence-corrected chi connectivity index (χ2v) is 19.4. The van der Waals surface area contributed by atoms with Crippen LogP contribution in [-0.4, -0.2) is 9.55 Å². The van der Waals surface area contributed by atoms with Crippen LogP contribution >= 0.6 is 0 Å². The molecule has 0 fully saturated rings. The summed E-state index contributed by atoms with van der Waals surface area (Å²) in [6.45, 7) is 19.9. The Morgan fingerprint density at radius 3 is 2.03 bits per heavy atom. The van der Waals surface area contributed by atoms with Gasteiger partial charge in [0, 0.05) is 66.9 Å². The van der Waals surface area contributed by atoms with E-state index in [1.807, 2.05) is 60.7 Å². The minimum atomic E-state index is -0.426. The van der Waals surface area contributed by atoms with Gasteiger partial charge in [0.25, 0.3) is 0 Å². The third kappa shape index (κ3) is 8.58. The summed E-state index contributed by atoms with van der Waals surface area (Å²) in [7, 11) is 0. The molecule has 3 heterocycles. The van der Waals surface area contributed by atoms with Crippen molar-refractivity contribution in [1.82, 2.24) is 9.55 Å². The summed E-state index contributed by atoms with van der Waals surface area (Å²) >= 11 is 0. The summed E-state index contributed by atoms with van der Waals surface area (Å²) in [5.41, 5.74) is 11.6. The molecule has 0 radical (unpaired) electrons. The van der Waals surface area contributed by atoms with E-state index >= 15 is 0 Å². The molecule has 0 saturated carbocycles. The molecule has 10 rings (SSSR count). The molecule has 0 aliphatic carbocycles. The predicted octanol–water partition coefficient (Wildman–Crippen LogP) is 16.1. The van der Waals surface area contributed by atoms with E-state index in [1.165, 1.54) is 11.1 Å². The van der Waals surface area contributed by atoms with Gasteiger partial charge in [-0.05, 0) is 92.8 Å². The fourth-order valence-corrected chi connectivity index (χ4v) is 8.83. The quantitative estimate of drug-likeness (QED) is 0.135. The maximum absolute atomic E-state index is 8.84. The molecule has 7 aromatic carbocycles. The van der Waals surface area contributed by atoms with Crippen LogP contribution in [0.2, 0.25) is 0 Å². The second kappa shape index (κ2) is 17.8. The van der Waals surface area contributed by atoms with Crippen LogP contribution in [0.1, 0.15) is 78.9 Å². The van der Waals surface area contributed by atoms with Crippen LogP contribution < -0.4 is 14.5 Å². The number of anilines is 4. The topological polar surface area (TPSA) is 33.5 Å². The van der Waals surface area contributed by atoms with Gasteiger partial charge < -0.3 is 19.1 Å². The first-order valence-corrected chi connectivity index (χ1v) is 22.4. The summed E-state index contributed by atoms with van der Waals surface area (Å²) in [6, 6.07) is 49.4. The molecule has 0 unspecified atom stereocenters. The Morgan fingerprint density at radius 2 is 1.33 bits per heavy atom. The number of pyridine rings is 1. The Morgan fingerprint density at radius 1 is 0.667 bits per heavy atom. The van der Waals surface area contributed by atoms with Crippen molar-refractivity contribution in [3.8, 4) is 39.6 Å². The van der Waals surface area contributed by atoms with E-state index in [0.29, 0.717) is 29.3 Å². The van der Waals surface area contributed by atoms with E-state index in [9.17, 15) is 0 Å². The number of para-hydroxylation sites is 3. The van der Waals surface area contributed by atoms with Crippen molar-refractivity contribution in [3.05, 3.63) is 199 Å². The summed E-state index contributed by atoms with van der Waals surface area (Å²) < 4.78 is 51.7. The monoisotopic (exact) mass is 1050 g/mol. The van der Waals surface area contributed by atoms with Gasteiger partial charge in [0.1, 0.15) is 5.82 Å². The Labute approximate surface area is 412 Å². The van der Waals surface area contributed by atoms with Crippen LogP contribution in [0.4, 0.5) is 22.7 Å². The van der Waals surface area contributed by atoms with Crippen molar-refractivity contribution in [2.45, 2.75) is 72.6 Å². The van der Waals surface area contributed by atoms with Crippen molar-refractivity contribution >= 4 is 44.6 Å². The van der Waals surface area contributed by atoms with E-state index < -0.39 is 6.04 Å². The molecule has 2 aromatic heterocycles. The molecule has 9 aromatic rings. The largest absolute Gasteiger partial charge is 0.509 e. The van der Waals surface area contributed by atoms with E-state index in [2.05, 4.69) is 155 Å². The molecule has 6 heteroatoms. The van der Waals surface area contributed by atoms with Crippen LogP contribution in [0, 0.1) is 24.7 Å². The first kappa shape index (κ1) is 38.8. The molecular formula is C60H55N4OPt-3. The molecule has 1 aliphatic heterocycles. The van der Waals surface area contributed by atoms with E-state index in [-0.39, 0.29) is 67.5 Å². The van der Waals surface area contributed by atoms with Crippen molar-refractivity contribution in [3.63, 3.8) is 0 Å². The summed E-state index contributed by atoms with van der Waals surface area (Å²) in [5, 5.41) is 1.98. The number of ether oxygens (including phenoxy) is 1. The number of nitrogens with zero attached hydrogens (tertiary/aromatic N) is 4. The number of fused-ring (bicyclic) bond motifs is 4. The summed E-state index contributed by atoms with van der Waals surface area (Å²) in [5.74, 6) is 1.80. The number of aromatic nitrogens is 2. The average molecular weight is 1050 g/mol. The second-order valence-electron chi connectivity index (χ2n) is 19.4. The van der Waals surface area contributed by atoms with Gasteiger partial charge in [-0.3, -0.25) is 0 Å². The first-order valence-electron chi connectivity index (χ1n) is 24.9. The standard InChI is InChI=1S/C60H55N4O.Pt/c1-40(2)30-43-31-57(61-38-52(43)42-22-13-10-14-23-42)64-53-27-16-15-26-50(53)58-51(41-20-11-9-12-21-41)36-49(37-56(58)64)65-48-25-19-24-46(35-48)62-39-63(55-29-18-17-28-54(55)62)47-33-44(59(3,4)5)32-45(34-47)60(6,7)8;/h9-29,31-34,36,38-40H,30H2,1-8H3;/q-3;/i10D,13D,14D,22D,23D;. The molecule has 0 amide bonds. The van der Waals surface area contributed by atoms with Crippen LogP contribution in [0.3, 0.4) is 0 Å². The van der Waals surface area contributed by atoms with E-state index in [4.69, 9.17) is 16.6 Å². The molecule has 66 heavy (non-hydrogen) atoms. The van der Waals surface area contributed by atoms with Gasteiger partial charge in [-0.25, -0.2) is 4.98 Å². The molecule has 0 atom stereocenters. The maximum Gasteiger partial charge on any atom is 0.135 e. The zero-order chi connectivity index (χ0) is 49.4. The molecule has 0 N–H and O–H groups in total. The fraction of sp³-hybridized carbons (Fsp3) is 0.200. The average Bonchev–Trinajstić information content (AvgIpc) is 3.89. The zero-order valence-corrected chi connectivity index (χ0v) is 40.8. The molecule has 1 aliphatic rings. The number of benzene rings is 7. The Bertz CT molecular complexity index is 3440. The number of hydrogen-bond donors (Lipinski definition) is 0. The molecule has 334 valence electrons. The SMILES string of the molecule is [2H]c1c([2H])c([2H])c(-c2cnc(-n3c4[c-]c(Oc5[c-]c(N6[CH-]N(c7cc(C(C)(C)C)cc(C(C)(C)C)c7)c7ccccc76)ccc5)cc(-c5ccccc5)c4c4ccccc43)cc2CC(C)C)c([2H])c1[2H].[Pt]. The van der Waals surface area contributed by atoms with Crippen LogP contribution in [0.15, 0.2) is 164 Å². The maximum atomic E-state index is 8.84. The third-order valence-electron chi connectivity index (χ3n) is 12.1. The van der Waals surface area contributed by atoms with Gasteiger partial charge in [0.2, 0.25) is 0 Å². The van der Waals surface area contributed by atoms with Crippen LogP contribution in [0.5, 0.6) is 11.5 Å². The van der Waals surface area contributed by atoms with Gasteiger partial charge in [-0.15, -0.1) is 48.3 Å². The number of rotatable bonds is 9. The van der Waals surface area contributed by atoms with E-state index in [1.54, 1.807) is 6.20 Å². The van der Waals surface area contributed by atoms with Gasteiger partial charge >= 0.3 is 0 Å². The fourth-order valence-electron chi connectivity index (χ4n) is 8.83. The summed E-state index contributed by atoms with van der Waals surface area (Å²) in [4.78, 5) is 9.46. The molecular weight excluding hydrogens is 988 g/mol. The van der Waals surface area contributed by atoms with Crippen molar-refractivity contribution in [2.24, 2.45) is 5.92 Å². The minimum absolute atomic E-state index is 0. The molecule has 0 spiro atoms. The minimum Gasteiger partial charge on any atom is -0.509 e. The van der Waals surface area contributed by atoms with Crippen molar-refractivity contribution < 1.29 is 32.7 Å². The Balaban J connectivity index is 0.00000624. The number of hydrogen-bond acceptors (Lipinski definition) is 4. The van der Waals surface area contributed by atoms with Crippen molar-refractivity contribution in [2.75, 3.05) is 9.80 Å². The third-order valence-corrected chi connectivity index (χ3v) is 12.1. The van der Waals surface area contributed by atoms with Crippen LogP contribution in [0.25, 0.3) is 49.9 Å². The normalized spacial score (nSPS) is 13.9. The van der Waals surface area contributed by atoms with Crippen molar-refractivity contribution in [1.29, 1.82) is 0 Å². The predicted molar refractivity (Wildman–Crippen MR) is 271 cm³/mol. The first-order chi connectivity index (χ1) is 33.4. The van der Waals surface area contributed by atoms with Gasteiger partial charge in [-0.1, -0.05) is 163 Å². The Kier molecular flexibility index (Phi) is 10.4. The van der Waals surface area contributed by atoms with Gasteiger partial charge in [-0.2, -0.15) is 6.07 Å². The van der Waals surface area contributed by atoms with Gasteiger partial charge in [0.05, 0.1) is 6.85 Å². The Hall–Kier alpha value is -6.42. The molecule has 0 bridgehead atoms. The summed E-state index contributed by atoms with van der Waals surface area (Å²) in [6.07, 6.45) is 2.24. The van der Waals surface area contributed by atoms with Crippen LogP contribution in [-0.2, 0) is 38.3 Å². The van der Waals surface area contributed by atoms with Gasteiger partial charge in [0.15, 0.2) is 0 Å². The molecule has 0 saturated heterocycles. The molecule has 5 nitrogen and oxygen atoms in total. The smallest absolute Gasteiger partial charge is 0.135 e. The van der Waals surface area contributed by atoms with E-state index in [0.717, 1.165) is 61.2 Å².